The second-order valence-electron chi connectivity index (χ2n) is 7.80. The molecule has 0 fully saturated rings. The van der Waals surface area contributed by atoms with Crippen LogP contribution in [0.4, 0.5) is 4.79 Å². The number of imide groups is 1. The number of pyridine rings is 1. The molecule has 2 aliphatic heterocycles. The number of carbonyl (C=O) groups is 2. The zero-order chi connectivity index (χ0) is 23.8. The normalized spacial score (nSPS) is 17.5. The predicted octanol–water partition coefficient (Wildman–Crippen LogP) is 2.69. The van der Waals surface area contributed by atoms with Crippen LogP contribution in [0.3, 0.4) is 0 Å². The Balaban J connectivity index is 1.52. The minimum Gasteiger partial charge on any atom is -0.497 e. The van der Waals surface area contributed by atoms with Gasteiger partial charge >= 0.3 is 11.9 Å². The van der Waals surface area contributed by atoms with Gasteiger partial charge < -0.3 is 4.74 Å². The zero-order valence-corrected chi connectivity index (χ0v) is 18.8. The number of amides is 3. The van der Waals surface area contributed by atoms with E-state index in [1.807, 2.05) is 0 Å². The summed E-state index contributed by atoms with van der Waals surface area (Å²) >= 11 is 5.98. The number of dihydropyridines is 1. The molecule has 0 N–H and O–H groups in total. The molecule has 0 bridgehead atoms. The van der Waals surface area contributed by atoms with Gasteiger partial charge in [-0.1, -0.05) is 29.8 Å². The third-order valence-electron chi connectivity index (χ3n) is 5.64. The van der Waals surface area contributed by atoms with Crippen LogP contribution in [-0.2, 0) is 17.9 Å². The van der Waals surface area contributed by atoms with Gasteiger partial charge in [0, 0.05) is 12.3 Å². The van der Waals surface area contributed by atoms with Crippen LogP contribution in [-0.4, -0.2) is 50.0 Å². The van der Waals surface area contributed by atoms with Crippen LogP contribution in [0.15, 0.2) is 70.6 Å². The van der Waals surface area contributed by atoms with Crippen molar-refractivity contribution in [3.8, 4) is 5.75 Å². The number of carbonyl (C=O) groups excluding carboxylic acids is 2. The van der Waals surface area contributed by atoms with E-state index in [1.165, 1.54) is 32.4 Å². The van der Waals surface area contributed by atoms with E-state index >= 15 is 0 Å². The first-order valence-electron chi connectivity index (χ1n) is 10.5. The summed E-state index contributed by atoms with van der Waals surface area (Å²) in [6.07, 6.45) is 6.40. The van der Waals surface area contributed by atoms with Crippen molar-refractivity contribution >= 4 is 41.2 Å². The highest BCUT2D eigenvalue weighted by atomic mass is 35.5. The number of aromatic nitrogens is 2. The van der Waals surface area contributed by atoms with Crippen LogP contribution in [0.5, 0.6) is 5.75 Å². The van der Waals surface area contributed by atoms with E-state index in [2.05, 4.69) is 9.98 Å². The Morgan fingerprint density at radius 2 is 1.91 bits per heavy atom. The minimum atomic E-state index is -0.707. The molecule has 0 saturated carbocycles. The molecule has 4 heterocycles. The molecular weight excluding hydrogens is 458 g/mol. The Hall–Kier alpha value is -4.11. The van der Waals surface area contributed by atoms with Crippen molar-refractivity contribution in [2.24, 2.45) is 10.9 Å². The van der Waals surface area contributed by atoms with E-state index < -0.39 is 11.9 Å². The number of benzene rings is 1. The monoisotopic (exact) mass is 476 g/mol. The molecule has 10 heteroatoms. The molecule has 5 rings (SSSR count). The zero-order valence-electron chi connectivity index (χ0n) is 18.1. The lowest BCUT2D eigenvalue weighted by atomic mass is 10.0. The summed E-state index contributed by atoms with van der Waals surface area (Å²) in [7, 11) is 1.57. The van der Waals surface area contributed by atoms with Gasteiger partial charge in [-0.05, 0) is 35.9 Å². The van der Waals surface area contributed by atoms with E-state index in [-0.39, 0.29) is 24.6 Å². The number of urea groups is 1. The van der Waals surface area contributed by atoms with E-state index in [4.69, 9.17) is 16.3 Å². The number of hydrogen-bond acceptors (Lipinski definition) is 6. The minimum absolute atomic E-state index is 0.0173. The molecule has 3 aromatic rings. The number of hydrogen-bond donors (Lipinski definition) is 0. The number of ether oxygens (including phenoxy) is 1. The van der Waals surface area contributed by atoms with Gasteiger partial charge in [0.25, 0.3) is 11.4 Å². The van der Waals surface area contributed by atoms with Crippen molar-refractivity contribution in [1.82, 2.24) is 14.3 Å². The summed E-state index contributed by atoms with van der Waals surface area (Å²) in [6.45, 7) is 0.0718. The second-order valence-corrected chi connectivity index (χ2v) is 8.24. The van der Waals surface area contributed by atoms with Gasteiger partial charge in [0.15, 0.2) is 5.92 Å². The number of fused-ring (bicyclic) bond motifs is 2. The van der Waals surface area contributed by atoms with Crippen molar-refractivity contribution in [3.63, 3.8) is 0 Å². The van der Waals surface area contributed by atoms with Crippen molar-refractivity contribution in [1.29, 1.82) is 0 Å². The molecule has 9 nitrogen and oxygen atoms in total. The van der Waals surface area contributed by atoms with Gasteiger partial charge in [-0.2, -0.15) is 9.48 Å². The molecule has 3 amide bonds. The Morgan fingerprint density at radius 1 is 1.12 bits per heavy atom. The number of amidine groups is 1. The molecule has 1 atom stereocenters. The highest BCUT2D eigenvalue weighted by Gasteiger charge is 2.46. The molecule has 2 aromatic heterocycles. The fourth-order valence-electron chi connectivity index (χ4n) is 3.96. The van der Waals surface area contributed by atoms with Crippen molar-refractivity contribution in [3.05, 3.63) is 87.4 Å². The van der Waals surface area contributed by atoms with Gasteiger partial charge in [-0.3, -0.25) is 14.0 Å². The Kier molecular flexibility index (Phi) is 5.54. The standard InChI is InChI=1S/C24H19ClN5O4/c1-34-18-7-4-15(5-8-18)12-30-23(32)19-3-2-10-26-22(19)29(24(30)33)14-17-11-21(31)28-13-16(25)6-9-20(28)27-17/h2-11,13,19H,12,14H2,1H3/q+1. The maximum atomic E-state index is 13.5. The molecule has 0 spiro atoms. The van der Waals surface area contributed by atoms with Gasteiger partial charge in [0.05, 0.1) is 17.8 Å². The van der Waals surface area contributed by atoms with E-state index in [1.54, 1.807) is 55.7 Å². The molecular formula is C24H19ClN5O4+. The van der Waals surface area contributed by atoms with Crippen LogP contribution in [0.2, 0.25) is 5.02 Å². The third kappa shape index (κ3) is 3.90. The molecule has 1 unspecified atom stereocenters. The number of methoxy groups -OCH3 is 1. The first-order valence-corrected chi connectivity index (χ1v) is 10.8. The molecule has 34 heavy (non-hydrogen) atoms. The number of nitrogens with zero attached hydrogens (tertiary/aromatic N) is 5. The first-order chi connectivity index (χ1) is 16.4. The molecule has 0 saturated heterocycles. The summed E-state index contributed by atoms with van der Waals surface area (Å²) < 4.78 is 7.90. The van der Waals surface area contributed by atoms with Crippen LogP contribution in [0.1, 0.15) is 11.3 Å². The smallest absolute Gasteiger partial charge is 0.446 e. The predicted molar refractivity (Wildman–Crippen MR) is 126 cm³/mol. The van der Waals surface area contributed by atoms with Gasteiger partial charge in [-0.15, -0.1) is 4.99 Å². The molecule has 170 valence electrons. The Morgan fingerprint density at radius 3 is 2.68 bits per heavy atom. The van der Waals surface area contributed by atoms with Gasteiger partial charge in [0.1, 0.15) is 30.7 Å². The lowest BCUT2D eigenvalue weighted by Crippen LogP contribution is -2.53. The number of allylic oxidation sites excluding steroid dienone is 1. The lowest BCUT2D eigenvalue weighted by molar-refractivity contribution is -0.459. The molecule has 1 aromatic carbocycles. The molecule has 0 aliphatic carbocycles. The van der Waals surface area contributed by atoms with Crippen LogP contribution >= 0.6 is 11.6 Å². The maximum Gasteiger partial charge on any atom is 0.446 e. The lowest BCUT2D eigenvalue weighted by Gasteiger charge is -2.27. The van der Waals surface area contributed by atoms with Crippen molar-refractivity contribution in [2.45, 2.75) is 13.1 Å². The highest BCUT2D eigenvalue weighted by molar-refractivity contribution is 6.30. The molecule has 0 radical (unpaired) electrons. The SMILES string of the molecule is COc1ccc(CN2C(=O)C3C=CC=NC3=[N+](Cc3cc(=O)n4cc(Cl)ccc4n3)C2=O)cc1. The maximum absolute atomic E-state index is 13.5. The summed E-state index contributed by atoms with van der Waals surface area (Å²) in [5, 5.41) is 0.407. The second kappa shape index (κ2) is 8.68. The van der Waals surface area contributed by atoms with Crippen LogP contribution < -0.4 is 10.3 Å². The molecule has 2 aliphatic rings. The fourth-order valence-corrected chi connectivity index (χ4v) is 4.12. The van der Waals surface area contributed by atoms with Crippen LogP contribution in [0.25, 0.3) is 5.65 Å². The topological polar surface area (TPSA) is 96.3 Å². The fraction of sp³-hybridized carbons (Fsp3) is 0.167. The van der Waals surface area contributed by atoms with E-state index in [0.717, 1.165) is 5.56 Å². The first kappa shape index (κ1) is 21.7. The third-order valence-corrected chi connectivity index (χ3v) is 5.87. The largest absolute Gasteiger partial charge is 0.497 e. The Labute approximate surface area is 198 Å². The Bertz CT molecular complexity index is 1470. The summed E-state index contributed by atoms with van der Waals surface area (Å²) in [6, 6.07) is 11.2. The summed E-state index contributed by atoms with van der Waals surface area (Å²) in [5.41, 5.74) is 1.21. The van der Waals surface area contributed by atoms with E-state index in [9.17, 15) is 14.4 Å². The van der Waals surface area contributed by atoms with Crippen molar-refractivity contribution in [2.75, 3.05) is 7.11 Å². The average molecular weight is 477 g/mol. The quantitative estimate of drug-likeness (QED) is 0.527. The number of aliphatic imine (C=N–C) groups is 1. The highest BCUT2D eigenvalue weighted by Crippen LogP contribution is 2.23. The average Bonchev–Trinajstić information content (AvgIpc) is 2.85. The number of halogens is 1. The van der Waals surface area contributed by atoms with Gasteiger partial charge in [-0.25, -0.2) is 9.78 Å². The summed E-state index contributed by atoms with van der Waals surface area (Å²) in [4.78, 5) is 49.3. The van der Waals surface area contributed by atoms with Crippen LogP contribution in [0, 0.1) is 5.92 Å². The summed E-state index contributed by atoms with van der Waals surface area (Å²) in [5.74, 6) is -0.0824. The van der Waals surface area contributed by atoms with Gasteiger partial charge in [0.2, 0.25) is 0 Å². The number of rotatable bonds is 5. The van der Waals surface area contributed by atoms with E-state index in [0.29, 0.717) is 27.9 Å². The van der Waals surface area contributed by atoms with Crippen molar-refractivity contribution < 1.29 is 18.9 Å².